The highest BCUT2D eigenvalue weighted by atomic mass is 16.6. The molecule has 4 nitrogen and oxygen atoms in total. The van der Waals surface area contributed by atoms with Gasteiger partial charge in [-0.1, -0.05) is 18.2 Å². The third kappa shape index (κ3) is 1.51. The van der Waals surface area contributed by atoms with E-state index in [1.54, 1.807) is 13.0 Å². The normalized spacial score (nSPS) is 17.5. The third-order valence-electron chi connectivity index (χ3n) is 3.16. The van der Waals surface area contributed by atoms with Crippen LogP contribution in [-0.2, 0) is 5.54 Å². The smallest absolute Gasteiger partial charge is 0.277 e. The molecule has 0 heterocycles. The minimum absolute atomic E-state index is 0.144. The monoisotopic (exact) mass is 206 g/mol. The number of nitrogens with zero attached hydrogens (tertiary/aromatic N) is 1. The fraction of sp³-hybridized carbons (Fsp3) is 0.455. The van der Waals surface area contributed by atoms with Crippen LogP contribution in [0.5, 0.6) is 0 Å². The largest absolute Gasteiger partial charge is 0.310 e. The zero-order valence-corrected chi connectivity index (χ0v) is 8.91. The highest BCUT2D eigenvalue weighted by Crippen LogP contribution is 2.48. The van der Waals surface area contributed by atoms with E-state index in [9.17, 15) is 10.1 Å². The number of para-hydroxylation sites is 1. The topological polar surface area (TPSA) is 55.2 Å². The van der Waals surface area contributed by atoms with Crippen molar-refractivity contribution in [3.8, 4) is 0 Å². The van der Waals surface area contributed by atoms with Crippen LogP contribution >= 0.6 is 0 Å². The minimum atomic E-state index is -0.276. The summed E-state index contributed by atoms with van der Waals surface area (Å²) >= 11 is 0. The van der Waals surface area contributed by atoms with Crippen LogP contribution in [0, 0.1) is 17.0 Å². The molecule has 4 heteroatoms. The van der Waals surface area contributed by atoms with E-state index in [1.807, 2.05) is 19.2 Å². The number of nitro benzene ring substituents is 1. The average Bonchev–Trinajstić information content (AvgIpc) is 2.97. The molecular formula is C11H14N2O2. The van der Waals surface area contributed by atoms with Gasteiger partial charge in [0.1, 0.15) is 0 Å². The molecule has 0 bridgehead atoms. The molecule has 1 N–H and O–H groups in total. The first kappa shape index (κ1) is 10.1. The molecule has 0 atom stereocenters. The highest BCUT2D eigenvalue weighted by molar-refractivity contribution is 5.52. The first-order valence-corrected chi connectivity index (χ1v) is 5.04. The van der Waals surface area contributed by atoms with E-state index in [0.29, 0.717) is 0 Å². The lowest BCUT2D eigenvalue weighted by atomic mass is 10.00. The molecule has 0 radical (unpaired) electrons. The Labute approximate surface area is 88.5 Å². The molecule has 2 rings (SSSR count). The Morgan fingerprint density at radius 3 is 2.60 bits per heavy atom. The summed E-state index contributed by atoms with van der Waals surface area (Å²) in [6, 6.07) is 5.52. The molecule has 0 unspecified atom stereocenters. The predicted octanol–water partition coefficient (Wildman–Crippen LogP) is 2.11. The standard InChI is InChI=1S/C11H14N2O2/c1-8-4-3-5-9(10(8)13(14)15)11(12-2)6-7-11/h3-5,12H,6-7H2,1-2H3. The van der Waals surface area contributed by atoms with E-state index in [2.05, 4.69) is 5.32 Å². The summed E-state index contributed by atoms with van der Waals surface area (Å²) in [6.07, 6.45) is 1.96. The summed E-state index contributed by atoms with van der Waals surface area (Å²) in [4.78, 5) is 10.7. The Balaban J connectivity index is 2.56. The highest BCUT2D eigenvalue weighted by Gasteiger charge is 2.47. The molecular weight excluding hydrogens is 192 g/mol. The Hall–Kier alpha value is -1.42. The van der Waals surface area contributed by atoms with Crippen LogP contribution < -0.4 is 5.32 Å². The molecule has 0 aromatic heterocycles. The predicted molar refractivity (Wildman–Crippen MR) is 57.8 cm³/mol. The molecule has 80 valence electrons. The van der Waals surface area contributed by atoms with Crippen LogP contribution in [0.1, 0.15) is 24.0 Å². The Kier molecular flexibility index (Phi) is 2.23. The van der Waals surface area contributed by atoms with Crippen molar-refractivity contribution in [2.24, 2.45) is 0 Å². The molecule has 0 spiro atoms. The second kappa shape index (κ2) is 3.31. The Morgan fingerprint density at radius 2 is 2.13 bits per heavy atom. The van der Waals surface area contributed by atoms with E-state index < -0.39 is 0 Å². The Bertz CT molecular complexity index is 411. The van der Waals surface area contributed by atoms with Crippen LogP contribution in [0.15, 0.2) is 18.2 Å². The maximum atomic E-state index is 11.0. The molecule has 0 saturated heterocycles. The van der Waals surface area contributed by atoms with Crippen LogP contribution in [0.2, 0.25) is 0 Å². The second-order valence-electron chi connectivity index (χ2n) is 4.06. The molecule has 1 fully saturated rings. The van der Waals surface area contributed by atoms with Crippen molar-refractivity contribution < 1.29 is 4.92 Å². The molecule has 1 aliphatic carbocycles. The van der Waals surface area contributed by atoms with Crippen molar-refractivity contribution in [1.82, 2.24) is 5.32 Å². The Morgan fingerprint density at radius 1 is 1.47 bits per heavy atom. The van der Waals surface area contributed by atoms with Gasteiger partial charge in [0.15, 0.2) is 0 Å². The zero-order valence-electron chi connectivity index (χ0n) is 8.91. The summed E-state index contributed by atoms with van der Waals surface area (Å²) in [5.41, 5.74) is 1.69. The van der Waals surface area contributed by atoms with Gasteiger partial charge in [-0.25, -0.2) is 0 Å². The van der Waals surface area contributed by atoms with Crippen molar-refractivity contribution in [1.29, 1.82) is 0 Å². The van der Waals surface area contributed by atoms with Gasteiger partial charge < -0.3 is 5.32 Å². The van der Waals surface area contributed by atoms with Gasteiger partial charge >= 0.3 is 0 Å². The number of benzene rings is 1. The van der Waals surface area contributed by atoms with Gasteiger partial charge in [-0.2, -0.15) is 0 Å². The number of hydrogen-bond acceptors (Lipinski definition) is 3. The maximum absolute atomic E-state index is 11.0. The van der Waals surface area contributed by atoms with E-state index >= 15 is 0 Å². The molecule has 0 aliphatic heterocycles. The molecule has 1 saturated carbocycles. The quantitative estimate of drug-likeness (QED) is 0.608. The summed E-state index contributed by atoms with van der Waals surface area (Å²) < 4.78 is 0. The van der Waals surface area contributed by atoms with E-state index in [-0.39, 0.29) is 16.1 Å². The lowest BCUT2D eigenvalue weighted by Gasteiger charge is -2.15. The van der Waals surface area contributed by atoms with E-state index in [4.69, 9.17) is 0 Å². The van der Waals surface area contributed by atoms with Gasteiger partial charge in [0, 0.05) is 5.56 Å². The number of aryl methyl sites for hydroxylation is 1. The summed E-state index contributed by atoms with van der Waals surface area (Å²) in [6.45, 7) is 1.79. The van der Waals surface area contributed by atoms with Gasteiger partial charge in [0.05, 0.1) is 16.0 Å². The van der Waals surface area contributed by atoms with Gasteiger partial charge in [-0.3, -0.25) is 10.1 Å². The molecule has 15 heavy (non-hydrogen) atoms. The van der Waals surface area contributed by atoms with E-state index in [1.165, 1.54) is 0 Å². The third-order valence-corrected chi connectivity index (χ3v) is 3.16. The van der Waals surface area contributed by atoms with Crippen LogP contribution in [0.3, 0.4) is 0 Å². The van der Waals surface area contributed by atoms with Crippen LogP contribution in [-0.4, -0.2) is 12.0 Å². The van der Waals surface area contributed by atoms with Crippen molar-refractivity contribution >= 4 is 5.69 Å². The zero-order chi connectivity index (χ0) is 11.1. The fourth-order valence-corrected chi connectivity index (χ4v) is 2.07. The maximum Gasteiger partial charge on any atom is 0.277 e. The van der Waals surface area contributed by atoms with Crippen molar-refractivity contribution in [3.63, 3.8) is 0 Å². The van der Waals surface area contributed by atoms with Crippen molar-refractivity contribution in [2.45, 2.75) is 25.3 Å². The first-order chi connectivity index (χ1) is 7.10. The van der Waals surface area contributed by atoms with Gasteiger partial charge in [-0.15, -0.1) is 0 Å². The van der Waals surface area contributed by atoms with Gasteiger partial charge in [-0.05, 0) is 26.8 Å². The number of hydrogen-bond donors (Lipinski definition) is 1. The number of nitrogens with one attached hydrogen (secondary N) is 1. The average molecular weight is 206 g/mol. The minimum Gasteiger partial charge on any atom is -0.310 e. The molecule has 0 amide bonds. The number of rotatable bonds is 3. The lowest BCUT2D eigenvalue weighted by Crippen LogP contribution is -2.25. The van der Waals surface area contributed by atoms with Crippen molar-refractivity contribution in [2.75, 3.05) is 7.05 Å². The van der Waals surface area contributed by atoms with E-state index in [0.717, 1.165) is 24.0 Å². The van der Waals surface area contributed by atoms with Gasteiger partial charge in [0.25, 0.3) is 5.69 Å². The molecule has 1 aromatic rings. The molecule has 1 aromatic carbocycles. The summed E-state index contributed by atoms with van der Waals surface area (Å²) in [5, 5.41) is 14.2. The van der Waals surface area contributed by atoms with Gasteiger partial charge in [0.2, 0.25) is 0 Å². The number of nitro groups is 1. The van der Waals surface area contributed by atoms with Crippen LogP contribution in [0.25, 0.3) is 0 Å². The lowest BCUT2D eigenvalue weighted by molar-refractivity contribution is -0.386. The second-order valence-corrected chi connectivity index (χ2v) is 4.06. The molecule has 1 aliphatic rings. The summed E-state index contributed by atoms with van der Waals surface area (Å²) in [5.74, 6) is 0. The first-order valence-electron chi connectivity index (χ1n) is 5.04. The fourth-order valence-electron chi connectivity index (χ4n) is 2.07. The van der Waals surface area contributed by atoms with Crippen LogP contribution in [0.4, 0.5) is 5.69 Å². The summed E-state index contributed by atoms with van der Waals surface area (Å²) in [7, 11) is 1.86. The van der Waals surface area contributed by atoms with Crippen molar-refractivity contribution in [3.05, 3.63) is 39.4 Å². The SMILES string of the molecule is CNC1(c2cccc(C)c2[N+](=O)[O-])CC1.